The van der Waals surface area contributed by atoms with Crippen LogP contribution in [0.1, 0.15) is 38.2 Å². The molecular weight excluding hydrogens is 283 g/mol. The number of rotatable bonds is 6. The Morgan fingerprint density at radius 1 is 1.45 bits per heavy atom. The molecule has 0 spiro atoms. The fraction of sp³-hybridized carbons (Fsp3) is 0.588. The van der Waals surface area contributed by atoms with Crippen molar-refractivity contribution in [3.8, 4) is 0 Å². The van der Waals surface area contributed by atoms with Crippen molar-refractivity contribution in [2.24, 2.45) is 5.92 Å². The summed E-state index contributed by atoms with van der Waals surface area (Å²) in [7, 11) is 0. The van der Waals surface area contributed by atoms with Crippen molar-refractivity contribution >= 4 is 6.03 Å². The molecular formula is C17H23FN2O2. The Balaban J connectivity index is 1.57. The highest BCUT2D eigenvalue weighted by atomic mass is 19.1. The fourth-order valence-corrected chi connectivity index (χ4v) is 3.08. The Kier molecular flexibility index (Phi) is 3.85. The van der Waals surface area contributed by atoms with Gasteiger partial charge < -0.3 is 15.7 Å². The Bertz CT molecular complexity index is 570. The number of nitrogens with one attached hydrogen (secondary N) is 2. The summed E-state index contributed by atoms with van der Waals surface area (Å²) < 4.78 is 13.4. The van der Waals surface area contributed by atoms with Gasteiger partial charge in [-0.05, 0) is 56.2 Å². The van der Waals surface area contributed by atoms with E-state index in [9.17, 15) is 14.3 Å². The third-order valence-corrected chi connectivity index (χ3v) is 5.08. The van der Waals surface area contributed by atoms with E-state index in [0.717, 1.165) is 31.2 Å². The molecule has 22 heavy (non-hydrogen) atoms. The molecule has 1 aromatic rings. The van der Waals surface area contributed by atoms with Crippen molar-refractivity contribution in [1.82, 2.24) is 10.6 Å². The lowest BCUT2D eigenvalue weighted by Crippen LogP contribution is -2.54. The summed E-state index contributed by atoms with van der Waals surface area (Å²) >= 11 is 0. The van der Waals surface area contributed by atoms with Crippen LogP contribution >= 0.6 is 0 Å². The Labute approximate surface area is 130 Å². The van der Waals surface area contributed by atoms with Gasteiger partial charge in [0.1, 0.15) is 5.82 Å². The molecule has 0 aliphatic heterocycles. The molecule has 0 heterocycles. The maximum absolute atomic E-state index is 13.4. The summed E-state index contributed by atoms with van der Waals surface area (Å²) in [5, 5.41) is 15.3. The van der Waals surface area contributed by atoms with E-state index in [4.69, 9.17) is 0 Å². The van der Waals surface area contributed by atoms with E-state index in [2.05, 4.69) is 10.6 Å². The molecule has 0 bridgehead atoms. The molecule has 3 rings (SSSR count). The van der Waals surface area contributed by atoms with E-state index in [1.54, 1.807) is 12.1 Å². The molecule has 1 aromatic carbocycles. The first-order valence-corrected chi connectivity index (χ1v) is 7.90. The van der Waals surface area contributed by atoms with Crippen LogP contribution in [0.25, 0.3) is 0 Å². The number of halogens is 1. The molecule has 0 saturated heterocycles. The molecule has 2 aliphatic rings. The maximum Gasteiger partial charge on any atom is 0.315 e. The average molecular weight is 306 g/mol. The second kappa shape index (κ2) is 5.54. The molecule has 2 saturated carbocycles. The van der Waals surface area contributed by atoms with E-state index in [0.29, 0.717) is 12.5 Å². The quantitative estimate of drug-likeness (QED) is 0.755. The number of urea groups is 1. The number of hydrogen-bond donors (Lipinski definition) is 3. The standard InChI is InChI=1S/C17H23FN2O2/c1-16(11-21,12-5-6-12)20-15(22)19-10-17(7-8-17)13-3-2-4-14(18)9-13/h2-4,9,12,21H,5-8,10-11H2,1H3,(H2,19,20,22). The molecule has 1 atom stereocenters. The van der Waals surface area contributed by atoms with E-state index in [-0.39, 0.29) is 23.9 Å². The molecule has 0 radical (unpaired) electrons. The lowest BCUT2D eigenvalue weighted by atomic mass is 9.95. The molecule has 5 heteroatoms. The lowest BCUT2D eigenvalue weighted by molar-refractivity contribution is 0.155. The number of aliphatic hydroxyl groups excluding tert-OH is 1. The Morgan fingerprint density at radius 3 is 2.73 bits per heavy atom. The summed E-state index contributed by atoms with van der Waals surface area (Å²) in [5.74, 6) is 0.121. The summed E-state index contributed by atoms with van der Waals surface area (Å²) in [5.41, 5.74) is 0.272. The van der Waals surface area contributed by atoms with Crippen molar-refractivity contribution in [2.75, 3.05) is 13.2 Å². The van der Waals surface area contributed by atoms with E-state index in [1.165, 1.54) is 6.07 Å². The zero-order valence-electron chi connectivity index (χ0n) is 12.9. The van der Waals surface area contributed by atoms with Crippen LogP contribution in [0.5, 0.6) is 0 Å². The SMILES string of the molecule is CC(CO)(NC(=O)NCC1(c2cccc(F)c2)CC1)C1CC1. The van der Waals surface area contributed by atoms with Crippen LogP contribution in [0.15, 0.2) is 24.3 Å². The summed E-state index contributed by atoms with van der Waals surface area (Å²) in [4.78, 5) is 12.1. The molecule has 2 aliphatic carbocycles. The van der Waals surface area contributed by atoms with E-state index in [1.807, 2.05) is 13.0 Å². The van der Waals surface area contributed by atoms with Gasteiger partial charge in [0.05, 0.1) is 12.1 Å². The van der Waals surface area contributed by atoms with Crippen molar-refractivity contribution < 1.29 is 14.3 Å². The predicted molar refractivity (Wildman–Crippen MR) is 82.1 cm³/mol. The Morgan fingerprint density at radius 2 is 2.18 bits per heavy atom. The third kappa shape index (κ3) is 3.09. The molecule has 2 fully saturated rings. The van der Waals surface area contributed by atoms with Gasteiger partial charge in [-0.25, -0.2) is 9.18 Å². The maximum atomic E-state index is 13.4. The summed E-state index contributed by atoms with van der Waals surface area (Å²) in [6, 6.07) is 6.35. The predicted octanol–water partition coefficient (Wildman–Crippen LogP) is 2.32. The molecule has 3 N–H and O–H groups in total. The smallest absolute Gasteiger partial charge is 0.315 e. The number of hydrogen-bond acceptors (Lipinski definition) is 2. The van der Waals surface area contributed by atoms with Crippen LogP contribution in [0, 0.1) is 11.7 Å². The van der Waals surface area contributed by atoms with Crippen LogP contribution in [-0.2, 0) is 5.41 Å². The van der Waals surface area contributed by atoms with Gasteiger partial charge in [0, 0.05) is 12.0 Å². The second-order valence-corrected chi connectivity index (χ2v) is 6.95. The number of carbonyl (C=O) groups excluding carboxylic acids is 1. The zero-order chi connectivity index (χ0) is 15.8. The van der Waals surface area contributed by atoms with Crippen LogP contribution in [-0.4, -0.2) is 29.8 Å². The topological polar surface area (TPSA) is 61.4 Å². The van der Waals surface area contributed by atoms with Gasteiger partial charge in [0.2, 0.25) is 0 Å². The zero-order valence-corrected chi connectivity index (χ0v) is 12.9. The van der Waals surface area contributed by atoms with Crippen LogP contribution < -0.4 is 10.6 Å². The third-order valence-electron chi connectivity index (χ3n) is 5.08. The van der Waals surface area contributed by atoms with E-state index >= 15 is 0 Å². The Hall–Kier alpha value is -1.62. The first-order chi connectivity index (χ1) is 10.5. The number of amides is 2. The average Bonchev–Trinajstić information content (AvgIpc) is 3.39. The van der Waals surface area contributed by atoms with Crippen LogP contribution in [0.2, 0.25) is 0 Å². The van der Waals surface area contributed by atoms with Crippen molar-refractivity contribution in [3.63, 3.8) is 0 Å². The second-order valence-electron chi connectivity index (χ2n) is 6.95. The van der Waals surface area contributed by atoms with Gasteiger partial charge in [0.15, 0.2) is 0 Å². The highest BCUT2D eigenvalue weighted by molar-refractivity contribution is 5.75. The molecule has 0 aromatic heterocycles. The van der Waals surface area contributed by atoms with Crippen molar-refractivity contribution in [3.05, 3.63) is 35.6 Å². The minimum Gasteiger partial charge on any atom is -0.394 e. The van der Waals surface area contributed by atoms with Gasteiger partial charge in [-0.1, -0.05) is 12.1 Å². The normalized spacial score (nSPS) is 21.8. The number of benzene rings is 1. The molecule has 120 valence electrons. The first kappa shape index (κ1) is 15.3. The highest BCUT2D eigenvalue weighted by Gasteiger charge is 2.45. The van der Waals surface area contributed by atoms with Crippen LogP contribution in [0.3, 0.4) is 0 Å². The van der Waals surface area contributed by atoms with Crippen molar-refractivity contribution in [1.29, 1.82) is 0 Å². The first-order valence-electron chi connectivity index (χ1n) is 7.90. The molecule has 1 unspecified atom stereocenters. The lowest BCUT2D eigenvalue weighted by Gasteiger charge is -2.29. The van der Waals surface area contributed by atoms with Gasteiger partial charge in [-0.2, -0.15) is 0 Å². The molecule has 4 nitrogen and oxygen atoms in total. The van der Waals surface area contributed by atoms with Gasteiger partial charge >= 0.3 is 6.03 Å². The highest BCUT2D eigenvalue weighted by Crippen LogP contribution is 2.47. The van der Waals surface area contributed by atoms with E-state index < -0.39 is 5.54 Å². The van der Waals surface area contributed by atoms with Gasteiger partial charge in [-0.15, -0.1) is 0 Å². The molecule has 2 amide bonds. The minimum atomic E-state index is -0.542. The minimum absolute atomic E-state index is 0.0554. The van der Waals surface area contributed by atoms with Crippen molar-refractivity contribution in [2.45, 2.75) is 43.6 Å². The number of aliphatic hydroxyl groups is 1. The number of carbonyl (C=O) groups is 1. The summed E-state index contributed by atoms with van der Waals surface area (Å²) in [6.45, 7) is 2.32. The van der Waals surface area contributed by atoms with Gasteiger partial charge in [-0.3, -0.25) is 0 Å². The monoisotopic (exact) mass is 306 g/mol. The largest absolute Gasteiger partial charge is 0.394 e. The summed E-state index contributed by atoms with van der Waals surface area (Å²) in [6.07, 6.45) is 4.00. The van der Waals surface area contributed by atoms with Gasteiger partial charge in [0.25, 0.3) is 0 Å². The van der Waals surface area contributed by atoms with Crippen LogP contribution in [0.4, 0.5) is 9.18 Å². The fourth-order valence-electron chi connectivity index (χ4n) is 3.08.